The summed E-state index contributed by atoms with van der Waals surface area (Å²) in [6.45, 7) is 5.66. The van der Waals surface area contributed by atoms with Crippen LogP contribution in [0.1, 0.15) is 29.4 Å². The van der Waals surface area contributed by atoms with Gasteiger partial charge in [-0.05, 0) is 44.5 Å². The third-order valence-electron chi connectivity index (χ3n) is 5.00. The van der Waals surface area contributed by atoms with Crippen LogP contribution in [-0.2, 0) is 4.74 Å². The molecule has 2 N–H and O–H groups in total. The van der Waals surface area contributed by atoms with E-state index in [1.54, 1.807) is 7.11 Å². The number of methoxy groups -OCH3 is 1. The largest absolute Gasteiger partial charge is 0.492 e. The van der Waals surface area contributed by atoms with Crippen LogP contribution in [0.4, 0.5) is 0 Å². The maximum absolute atomic E-state index is 12.9. The zero-order valence-corrected chi connectivity index (χ0v) is 16.9. The summed E-state index contributed by atoms with van der Waals surface area (Å²) in [6, 6.07) is 12.1. The summed E-state index contributed by atoms with van der Waals surface area (Å²) < 4.78 is 11.2. The fourth-order valence-corrected chi connectivity index (χ4v) is 4.55. The molecular weight excluding hydrogens is 360 g/mol. The van der Waals surface area contributed by atoms with Crippen LogP contribution in [0.25, 0.3) is 10.4 Å². The van der Waals surface area contributed by atoms with Gasteiger partial charge in [0.05, 0.1) is 13.2 Å². The van der Waals surface area contributed by atoms with Crippen LogP contribution in [0.2, 0.25) is 0 Å². The minimum Gasteiger partial charge on any atom is -0.492 e. The second-order valence-electron chi connectivity index (χ2n) is 6.97. The van der Waals surface area contributed by atoms with E-state index in [4.69, 9.17) is 9.47 Å². The van der Waals surface area contributed by atoms with E-state index in [0.717, 1.165) is 36.4 Å². The molecule has 0 unspecified atom stereocenters. The van der Waals surface area contributed by atoms with Crippen molar-refractivity contribution in [3.63, 3.8) is 0 Å². The number of hydrogen-bond donors (Lipinski definition) is 2. The smallest absolute Gasteiger partial charge is 0.265 e. The molecule has 1 fully saturated rings. The summed E-state index contributed by atoms with van der Waals surface area (Å²) in [6.07, 6.45) is 2.00. The van der Waals surface area contributed by atoms with E-state index in [1.165, 1.54) is 11.3 Å². The van der Waals surface area contributed by atoms with Gasteiger partial charge in [0, 0.05) is 23.9 Å². The number of hydrogen-bond acceptors (Lipinski definition) is 5. The van der Waals surface area contributed by atoms with Crippen LogP contribution in [0.5, 0.6) is 5.75 Å². The fourth-order valence-electron chi connectivity index (χ4n) is 3.52. The minimum atomic E-state index is -0.0698. The lowest BCUT2D eigenvalue weighted by Crippen LogP contribution is -2.47. The van der Waals surface area contributed by atoms with Crippen LogP contribution < -0.4 is 15.4 Å². The van der Waals surface area contributed by atoms with Gasteiger partial charge in [-0.1, -0.05) is 30.3 Å². The Morgan fingerprint density at radius 3 is 2.67 bits per heavy atom. The third-order valence-corrected chi connectivity index (χ3v) is 6.17. The molecular formula is C21H28N2O3S. The molecule has 6 heteroatoms. The lowest BCUT2D eigenvalue weighted by atomic mass is 9.79. The van der Waals surface area contributed by atoms with Gasteiger partial charge in [-0.25, -0.2) is 0 Å². The van der Waals surface area contributed by atoms with E-state index in [0.29, 0.717) is 30.4 Å². The first kappa shape index (κ1) is 19.9. The normalized spacial score (nSPS) is 16.1. The Morgan fingerprint density at radius 1 is 1.26 bits per heavy atom. The van der Waals surface area contributed by atoms with Crippen LogP contribution in [0.15, 0.2) is 36.4 Å². The molecule has 1 aliphatic heterocycles. The lowest BCUT2D eigenvalue weighted by Gasteiger charge is -2.37. The highest BCUT2D eigenvalue weighted by Crippen LogP contribution is 2.36. The summed E-state index contributed by atoms with van der Waals surface area (Å²) in [5.41, 5.74) is 1.10. The van der Waals surface area contributed by atoms with E-state index in [2.05, 4.69) is 10.6 Å². The first-order chi connectivity index (χ1) is 13.2. The van der Waals surface area contributed by atoms with E-state index >= 15 is 0 Å². The van der Waals surface area contributed by atoms with Crippen molar-refractivity contribution in [3.05, 3.63) is 41.3 Å². The molecule has 0 radical (unpaired) electrons. The number of carbonyl (C=O) groups excluding carboxylic acids is 1. The number of benzene rings is 1. The van der Waals surface area contributed by atoms with Crippen molar-refractivity contribution < 1.29 is 14.3 Å². The van der Waals surface area contributed by atoms with E-state index < -0.39 is 0 Å². The molecule has 27 heavy (non-hydrogen) atoms. The van der Waals surface area contributed by atoms with Gasteiger partial charge in [-0.15, -0.1) is 11.3 Å². The quantitative estimate of drug-likeness (QED) is 0.726. The third kappa shape index (κ3) is 4.89. The van der Waals surface area contributed by atoms with E-state index in [-0.39, 0.29) is 11.3 Å². The molecule has 0 atom stereocenters. The molecule has 0 bridgehead atoms. The molecule has 0 spiro atoms. The standard InChI is InChI=1S/C21H28N2O3S/c1-3-26-17-13-18(16-7-5-4-6-8-16)27-19(17)20(24)23-14-21(15-25-2)9-11-22-12-10-21/h4-8,13,22H,3,9-12,14-15H2,1-2H3,(H,23,24). The Kier molecular flexibility index (Phi) is 6.88. The lowest BCUT2D eigenvalue weighted by molar-refractivity contribution is 0.0512. The Labute approximate surface area is 165 Å². The molecule has 5 nitrogen and oxygen atoms in total. The summed E-state index contributed by atoms with van der Waals surface area (Å²) >= 11 is 1.48. The van der Waals surface area contributed by atoms with Crippen LogP contribution in [0, 0.1) is 5.41 Å². The molecule has 0 saturated carbocycles. The van der Waals surface area contributed by atoms with Gasteiger partial charge in [-0.2, -0.15) is 0 Å². The van der Waals surface area contributed by atoms with Crippen molar-refractivity contribution in [3.8, 4) is 16.2 Å². The summed E-state index contributed by atoms with van der Waals surface area (Å²) in [4.78, 5) is 14.6. The highest BCUT2D eigenvalue weighted by Gasteiger charge is 2.33. The zero-order valence-electron chi connectivity index (χ0n) is 16.0. The number of amides is 1. The number of ether oxygens (including phenoxy) is 2. The first-order valence-corrected chi connectivity index (χ1v) is 10.3. The topological polar surface area (TPSA) is 59.6 Å². The minimum absolute atomic E-state index is 0.000949. The second-order valence-corrected chi connectivity index (χ2v) is 8.02. The van der Waals surface area contributed by atoms with Gasteiger partial charge in [0.15, 0.2) is 0 Å². The van der Waals surface area contributed by atoms with Crippen LogP contribution in [0.3, 0.4) is 0 Å². The zero-order chi connectivity index (χ0) is 19.1. The number of piperidine rings is 1. The molecule has 0 aliphatic carbocycles. The molecule has 1 amide bonds. The van der Waals surface area contributed by atoms with Crippen molar-refractivity contribution >= 4 is 17.2 Å². The Balaban J connectivity index is 1.76. The summed E-state index contributed by atoms with van der Waals surface area (Å²) in [5, 5.41) is 6.52. The van der Waals surface area contributed by atoms with Gasteiger partial charge in [0.1, 0.15) is 10.6 Å². The number of carbonyl (C=O) groups is 1. The monoisotopic (exact) mass is 388 g/mol. The van der Waals surface area contributed by atoms with Gasteiger partial charge in [0.25, 0.3) is 5.91 Å². The Morgan fingerprint density at radius 2 is 2.00 bits per heavy atom. The molecule has 1 aromatic heterocycles. The van der Waals surface area contributed by atoms with Crippen molar-refractivity contribution in [2.75, 3.05) is 40.0 Å². The van der Waals surface area contributed by atoms with Gasteiger partial charge < -0.3 is 20.1 Å². The molecule has 2 heterocycles. The first-order valence-electron chi connectivity index (χ1n) is 9.47. The molecule has 1 aliphatic rings. The summed E-state index contributed by atoms with van der Waals surface area (Å²) in [7, 11) is 1.73. The Bertz CT molecular complexity index is 734. The number of rotatable bonds is 8. The molecule has 3 rings (SSSR count). The van der Waals surface area contributed by atoms with Crippen LogP contribution in [-0.4, -0.2) is 45.9 Å². The molecule has 1 aromatic carbocycles. The molecule has 146 valence electrons. The average Bonchev–Trinajstić information content (AvgIpc) is 3.12. The van der Waals surface area contributed by atoms with Gasteiger partial charge in [0.2, 0.25) is 0 Å². The highest BCUT2D eigenvalue weighted by atomic mass is 32.1. The maximum Gasteiger partial charge on any atom is 0.265 e. The van der Waals surface area contributed by atoms with Gasteiger partial charge >= 0.3 is 0 Å². The van der Waals surface area contributed by atoms with Crippen molar-refractivity contribution in [1.29, 1.82) is 0 Å². The predicted molar refractivity (Wildman–Crippen MR) is 110 cm³/mol. The van der Waals surface area contributed by atoms with Gasteiger partial charge in [-0.3, -0.25) is 4.79 Å². The van der Waals surface area contributed by atoms with E-state index in [9.17, 15) is 4.79 Å². The fraction of sp³-hybridized carbons (Fsp3) is 0.476. The van der Waals surface area contributed by atoms with Crippen molar-refractivity contribution in [1.82, 2.24) is 10.6 Å². The highest BCUT2D eigenvalue weighted by molar-refractivity contribution is 7.17. The van der Waals surface area contributed by atoms with Crippen molar-refractivity contribution in [2.45, 2.75) is 19.8 Å². The SMILES string of the molecule is CCOc1cc(-c2ccccc2)sc1C(=O)NCC1(COC)CCNCC1. The maximum atomic E-state index is 12.9. The number of nitrogens with one attached hydrogen (secondary N) is 2. The van der Waals surface area contributed by atoms with Crippen molar-refractivity contribution in [2.24, 2.45) is 5.41 Å². The Hall–Kier alpha value is -1.89. The predicted octanol–water partition coefficient (Wildman–Crippen LogP) is 3.56. The average molecular weight is 389 g/mol. The number of thiophene rings is 1. The molecule has 2 aromatic rings. The summed E-state index contributed by atoms with van der Waals surface area (Å²) in [5.74, 6) is 0.588. The van der Waals surface area contributed by atoms with E-state index in [1.807, 2.05) is 43.3 Å². The second kappa shape index (κ2) is 9.35. The van der Waals surface area contributed by atoms with Crippen LogP contribution >= 0.6 is 11.3 Å². The molecule has 1 saturated heterocycles.